The average Bonchev–Trinajstić information content (AvgIpc) is 2.97. The number of amides is 2. The van der Waals surface area contributed by atoms with Crippen LogP contribution in [0.15, 0.2) is 41.8 Å². The predicted molar refractivity (Wildman–Crippen MR) is 88.8 cm³/mol. The molecule has 2 amide bonds. The van der Waals surface area contributed by atoms with Crippen molar-refractivity contribution >= 4 is 23.2 Å². The van der Waals surface area contributed by atoms with Gasteiger partial charge in [-0.15, -0.1) is 11.3 Å². The normalized spacial score (nSPS) is 11.0. The van der Waals surface area contributed by atoms with Crippen LogP contribution in [0.25, 0.3) is 0 Å². The van der Waals surface area contributed by atoms with Gasteiger partial charge < -0.3 is 0 Å². The summed E-state index contributed by atoms with van der Waals surface area (Å²) in [6.07, 6.45) is 0.265. The predicted octanol–water partition coefficient (Wildman–Crippen LogP) is 3.05. The Morgan fingerprint density at radius 2 is 1.73 bits per heavy atom. The highest BCUT2D eigenvalue weighted by Crippen LogP contribution is 2.22. The van der Waals surface area contributed by atoms with Gasteiger partial charge in [0, 0.05) is 10.4 Å². The van der Waals surface area contributed by atoms with Crippen molar-refractivity contribution < 1.29 is 9.59 Å². The van der Waals surface area contributed by atoms with Gasteiger partial charge in [-0.1, -0.05) is 39.0 Å². The Morgan fingerprint density at radius 3 is 2.27 bits per heavy atom. The van der Waals surface area contributed by atoms with Gasteiger partial charge in [0.05, 0.1) is 6.42 Å². The van der Waals surface area contributed by atoms with E-state index < -0.39 is 0 Å². The number of carbonyl (C=O) groups is 2. The maximum atomic E-state index is 12.0. The van der Waals surface area contributed by atoms with E-state index in [0.717, 1.165) is 10.4 Å². The van der Waals surface area contributed by atoms with Gasteiger partial charge in [0.25, 0.3) is 5.91 Å². The summed E-state index contributed by atoms with van der Waals surface area (Å²) in [4.78, 5) is 24.7. The van der Waals surface area contributed by atoms with Crippen molar-refractivity contribution in [1.82, 2.24) is 10.9 Å². The van der Waals surface area contributed by atoms with E-state index in [9.17, 15) is 9.59 Å². The van der Waals surface area contributed by atoms with Gasteiger partial charge in [0.15, 0.2) is 0 Å². The summed E-state index contributed by atoms with van der Waals surface area (Å²) in [6.45, 7) is 6.35. The van der Waals surface area contributed by atoms with Crippen LogP contribution in [0.4, 0.5) is 0 Å². The molecule has 2 N–H and O–H groups in total. The zero-order valence-corrected chi connectivity index (χ0v) is 13.8. The molecule has 0 radical (unpaired) electrons. The highest BCUT2D eigenvalue weighted by molar-refractivity contribution is 7.10. The fraction of sp³-hybridized carbons (Fsp3) is 0.294. The molecule has 0 saturated carbocycles. The molecule has 0 aliphatic heterocycles. The minimum atomic E-state index is -0.319. The molecule has 1 aromatic carbocycles. The van der Waals surface area contributed by atoms with E-state index in [4.69, 9.17) is 0 Å². The summed E-state index contributed by atoms with van der Waals surface area (Å²) in [5.74, 6) is -0.554. The molecule has 22 heavy (non-hydrogen) atoms. The van der Waals surface area contributed by atoms with Crippen LogP contribution in [0.5, 0.6) is 0 Å². The smallest absolute Gasteiger partial charge is 0.269 e. The zero-order valence-electron chi connectivity index (χ0n) is 13.0. The topological polar surface area (TPSA) is 58.2 Å². The molecule has 2 aromatic rings. The zero-order chi connectivity index (χ0) is 16.2. The van der Waals surface area contributed by atoms with Gasteiger partial charge in [-0.3, -0.25) is 20.4 Å². The fourth-order valence-electron chi connectivity index (χ4n) is 1.94. The van der Waals surface area contributed by atoms with Gasteiger partial charge in [-0.05, 0) is 34.6 Å². The lowest BCUT2D eigenvalue weighted by molar-refractivity contribution is -0.121. The van der Waals surface area contributed by atoms with Crippen LogP contribution in [-0.4, -0.2) is 11.8 Å². The Bertz CT molecular complexity index is 640. The third-order valence-electron chi connectivity index (χ3n) is 3.24. The Balaban J connectivity index is 1.88. The molecule has 116 valence electrons. The molecule has 5 heteroatoms. The quantitative estimate of drug-likeness (QED) is 0.855. The van der Waals surface area contributed by atoms with Crippen molar-refractivity contribution in [3.63, 3.8) is 0 Å². The summed E-state index contributed by atoms with van der Waals surface area (Å²) in [5, 5.41) is 1.91. The van der Waals surface area contributed by atoms with Crippen molar-refractivity contribution in [3.05, 3.63) is 57.8 Å². The molecule has 0 spiro atoms. The largest absolute Gasteiger partial charge is 0.273 e. The number of hydrogen-bond acceptors (Lipinski definition) is 3. The Hall–Kier alpha value is -2.14. The molecule has 0 atom stereocenters. The van der Waals surface area contributed by atoms with E-state index in [1.54, 1.807) is 12.1 Å². The molecule has 1 heterocycles. The van der Waals surface area contributed by atoms with Crippen molar-refractivity contribution in [3.8, 4) is 0 Å². The molecule has 0 unspecified atom stereocenters. The monoisotopic (exact) mass is 316 g/mol. The van der Waals surface area contributed by atoms with E-state index in [1.165, 1.54) is 11.3 Å². The summed E-state index contributed by atoms with van der Waals surface area (Å²) in [7, 11) is 0. The third-order valence-corrected chi connectivity index (χ3v) is 4.12. The van der Waals surface area contributed by atoms with Crippen LogP contribution in [-0.2, 0) is 16.6 Å². The minimum absolute atomic E-state index is 0.0456. The number of carbonyl (C=O) groups excluding carboxylic acids is 2. The first-order valence-electron chi connectivity index (χ1n) is 7.08. The molecule has 0 bridgehead atoms. The molecule has 0 saturated heterocycles. The molecular weight excluding hydrogens is 296 g/mol. The molecule has 2 rings (SSSR count). The van der Waals surface area contributed by atoms with Gasteiger partial charge in [-0.25, -0.2) is 0 Å². The first-order valence-corrected chi connectivity index (χ1v) is 7.96. The Morgan fingerprint density at radius 1 is 1.05 bits per heavy atom. The van der Waals surface area contributed by atoms with Gasteiger partial charge >= 0.3 is 0 Å². The first kappa shape index (κ1) is 16.2. The maximum absolute atomic E-state index is 12.0. The Labute approximate surface area is 134 Å². The van der Waals surface area contributed by atoms with Crippen LogP contribution in [0, 0.1) is 0 Å². The number of thiophene rings is 1. The number of hydrazine groups is 1. The second-order valence-electron chi connectivity index (χ2n) is 6.09. The second-order valence-corrected chi connectivity index (χ2v) is 7.12. The van der Waals surface area contributed by atoms with Crippen LogP contribution >= 0.6 is 11.3 Å². The van der Waals surface area contributed by atoms with E-state index in [0.29, 0.717) is 5.56 Å². The maximum Gasteiger partial charge on any atom is 0.269 e. The molecule has 0 fully saturated rings. The second kappa shape index (κ2) is 6.75. The van der Waals surface area contributed by atoms with Crippen molar-refractivity contribution in [2.45, 2.75) is 32.6 Å². The van der Waals surface area contributed by atoms with Crippen LogP contribution in [0.3, 0.4) is 0 Å². The fourth-order valence-corrected chi connectivity index (χ4v) is 2.64. The number of nitrogens with one attached hydrogen (secondary N) is 2. The molecule has 0 aliphatic carbocycles. The average molecular weight is 316 g/mol. The lowest BCUT2D eigenvalue weighted by Gasteiger charge is -2.19. The van der Waals surface area contributed by atoms with E-state index in [1.807, 2.05) is 29.6 Å². The molecule has 4 nitrogen and oxygen atoms in total. The Kier molecular flexibility index (Phi) is 4.98. The van der Waals surface area contributed by atoms with Crippen LogP contribution in [0.1, 0.15) is 41.6 Å². The summed E-state index contributed by atoms with van der Waals surface area (Å²) in [5.41, 5.74) is 6.59. The summed E-state index contributed by atoms with van der Waals surface area (Å²) in [6, 6.07) is 11.2. The number of rotatable bonds is 3. The van der Waals surface area contributed by atoms with Crippen molar-refractivity contribution in [1.29, 1.82) is 0 Å². The van der Waals surface area contributed by atoms with Gasteiger partial charge in [0.2, 0.25) is 5.91 Å². The lowest BCUT2D eigenvalue weighted by atomic mass is 9.87. The van der Waals surface area contributed by atoms with Crippen molar-refractivity contribution in [2.75, 3.05) is 0 Å². The van der Waals surface area contributed by atoms with Crippen molar-refractivity contribution in [2.24, 2.45) is 0 Å². The highest BCUT2D eigenvalue weighted by atomic mass is 32.1. The summed E-state index contributed by atoms with van der Waals surface area (Å²) < 4.78 is 0. The van der Waals surface area contributed by atoms with Gasteiger partial charge in [-0.2, -0.15) is 0 Å². The summed E-state index contributed by atoms with van der Waals surface area (Å²) >= 11 is 1.51. The number of hydrogen-bond donors (Lipinski definition) is 2. The van der Waals surface area contributed by atoms with E-state index >= 15 is 0 Å². The SMILES string of the molecule is CC(C)(C)c1ccc(C(=O)NNC(=O)Cc2cccs2)cc1. The molecular formula is C17H20N2O2S. The first-order chi connectivity index (χ1) is 10.4. The standard InChI is InChI=1S/C17H20N2O2S/c1-17(2,3)13-8-6-12(7-9-13)16(21)19-18-15(20)11-14-5-4-10-22-14/h4-10H,11H2,1-3H3,(H,18,20)(H,19,21). The lowest BCUT2D eigenvalue weighted by Crippen LogP contribution is -2.42. The highest BCUT2D eigenvalue weighted by Gasteiger charge is 2.14. The van der Waals surface area contributed by atoms with Crippen LogP contribution < -0.4 is 10.9 Å². The van der Waals surface area contributed by atoms with Gasteiger partial charge in [0.1, 0.15) is 0 Å². The van der Waals surface area contributed by atoms with E-state index in [-0.39, 0.29) is 23.7 Å². The van der Waals surface area contributed by atoms with Crippen LogP contribution in [0.2, 0.25) is 0 Å². The number of benzene rings is 1. The minimum Gasteiger partial charge on any atom is -0.273 e. The van der Waals surface area contributed by atoms with E-state index in [2.05, 4.69) is 31.6 Å². The molecule has 0 aliphatic rings. The molecule has 1 aromatic heterocycles. The third kappa shape index (κ3) is 4.43.